The van der Waals surface area contributed by atoms with Crippen LogP contribution in [0.1, 0.15) is 37.5 Å². The number of nitrogens with one attached hydrogen (secondary N) is 2. The molecule has 3 N–H and O–H groups in total. The first-order chi connectivity index (χ1) is 18.0. The molecule has 1 aliphatic heterocycles. The van der Waals surface area contributed by atoms with E-state index < -0.39 is 17.1 Å². The van der Waals surface area contributed by atoms with Gasteiger partial charge in [-0.05, 0) is 55.9 Å². The highest BCUT2D eigenvalue weighted by atomic mass is 35.5. The maximum absolute atomic E-state index is 15.4. The Morgan fingerprint density at radius 1 is 1.22 bits per heavy atom. The summed E-state index contributed by atoms with van der Waals surface area (Å²) in [6, 6.07) is 6.80. The molecule has 10 nitrogen and oxygen atoms in total. The van der Waals surface area contributed by atoms with Crippen molar-refractivity contribution < 1.29 is 17.9 Å². The molecule has 2 unspecified atom stereocenters. The van der Waals surface area contributed by atoms with Crippen molar-refractivity contribution in [3.05, 3.63) is 59.5 Å². The molecule has 0 bridgehead atoms. The van der Waals surface area contributed by atoms with Crippen molar-refractivity contribution >= 4 is 45.5 Å². The number of anilines is 2. The molecule has 4 heterocycles. The Balaban J connectivity index is 1.46. The van der Waals surface area contributed by atoms with Crippen LogP contribution in [0.15, 0.2) is 43.1 Å². The molecule has 0 spiro atoms. The van der Waals surface area contributed by atoms with E-state index in [1.807, 2.05) is 10.6 Å². The predicted octanol–water partition coefficient (Wildman–Crippen LogP) is 4.78. The monoisotopic (exact) mass is 545 g/mol. The summed E-state index contributed by atoms with van der Waals surface area (Å²) in [7, 11) is 0. The molecular weight excluding hydrogens is 521 g/mol. The first kappa shape index (κ1) is 25.6. The van der Waals surface area contributed by atoms with Crippen molar-refractivity contribution in [2.45, 2.75) is 38.3 Å². The molecular formula is C24H25ClFN7O3S. The first-order valence-corrected chi connectivity index (χ1v) is 13.3. The lowest BCUT2D eigenvalue weighted by Crippen LogP contribution is -2.18. The summed E-state index contributed by atoms with van der Waals surface area (Å²) in [5.41, 5.74) is 2.90. The van der Waals surface area contributed by atoms with Gasteiger partial charge in [0.15, 0.2) is 11.5 Å². The van der Waals surface area contributed by atoms with Crippen LogP contribution < -0.4 is 10.0 Å². The highest BCUT2D eigenvalue weighted by Crippen LogP contribution is 2.36. The Morgan fingerprint density at radius 2 is 2.11 bits per heavy atom. The van der Waals surface area contributed by atoms with Gasteiger partial charge in [-0.15, -0.1) is 0 Å². The van der Waals surface area contributed by atoms with Crippen LogP contribution in [-0.4, -0.2) is 46.4 Å². The fourth-order valence-corrected chi connectivity index (χ4v) is 4.87. The molecule has 37 heavy (non-hydrogen) atoms. The van der Waals surface area contributed by atoms with Crippen LogP contribution in [0.25, 0.3) is 22.4 Å². The van der Waals surface area contributed by atoms with Gasteiger partial charge in [0.25, 0.3) is 0 Å². The summed E-state index contributed by atoms with van der Waals surface area (Å²) in [5, 5.41) is 3.24. The number of ether oxygens (including phenoxy) is 1. The zero-order valence-electron chi connectivity index (χ0n) is 19.7. The average molecular weight is 546 g/mol. The highest BCUT2D eigenvalue weighted by molar-refractivity contribution is 7.77. The molecule has 0 radical (unpaired) electrons. The highest BCUT2D eigenvalue weighted by Gasteiger charge is 2.22. The summed E-state index contributed by atoms with van der Waals surface area (Å²) in [4.78, 5) is 17.9. The fourth-order valence-electron chi connectivity index (χ4n) is 4.36. The van der Waals surface area contributed by atoms with Crippen LogP contribution in [-0.2, 0) is 22.4 Å². The minimum absolute atomic E-state index is 0.0873. The van der Waals surface area contributed by atoms with Gasteiger partial charge in [0, 0.05) is 24.9 Å². The van der Waals surface area contributed by atoms with E-state index in [9.17, 15) is 4.21 Å². The Kier molecular flexibility index (Phi) is 8.01. The van der Waals surface area contributed by atoms with E-state index in [0.717, 1.165) is 19.3 Å². The number of rotatable bonds is 9. The summed E-state index contributed by atoms with van der Waals surface area (Å²) >= 11 is 4.26. The van der Waals surface area contributed by atoms with E-state index in [4.69, 9.17) is 20.9 Å². The number of benzene rings is 1. The number of aromatic nitrogens is 5. The van der Waals surface area contributed by atoms with Crippen molar-refractivity contribution in [1.82, 2.24) is 29.2 Å². The van der Waals surface area contributed by atoms with Gasteiger partial charge in [0.05, 0.1) is 17.0 Å². The maximum atomic E-state index is 15.4. The lowest BCUT2D eigenvalue weighted by atomic mass is 10.1. The molecule has 3 aromatic heterocycles. The van der Waals surface area contributed by atoms with Gasteiger partial charge in [0.1, 0.15) is 29.6 Å². The molecule has 1 fully saturated rings. The Hall–Kier alpha value is -3.03. The molecule has 0 saturated carbocycles. The zero-order valence-corrected chi connectivity index (χ0v) is 21.3. The SMILES string of the molecule is O=S(O)NCCCc1ccc(Cl)c(Nc2ncccc2-c2ncnc3c2ncn3C2CCCCO2)c1F. The Bertz CT molecular complexity index is 1430. The van der Waals surface area contributed by atoms with E-state index in [1.165, 1.54) is 6.33 Å². The van der Waals surface area contributed by atoms with E-state index in [-0.39, 0.29) is 23.5 Å². The van der Waals surface area contributed by atoms with Crippen LogP contribution in [0.2, 0.25) is 5.02 Å². The summed E-state index contributed by atoms with van der Waals surface area (Å²) in [5.74, 6) is -0.151. The van der Waals surface area contributed by atoms with Crippen LogP contribution in [0.4, 0.5) is 15.9 Å². The van der Waals surface area contributed by atoms with Gasteiger partial charge < -0.3 is 10.1 Å². The van der Waals surface area contributed by atoms with Crippen molar-refractivity contribution in [2.75, 3.05) is 18.5 Å². The van der Waals surface area contributed by atoms with Crippen molar-refractivity contribution in [1.29, 1.82) is 0 Å². The molecule has 1 aliphatic rings. The topological polar surface area (TPSA) is 127 Å². The second kappa shape index (κ2) is 11.6. The molecule has 194 valence electrons. The fraction of sp³-hybridized carbons (Fsp3) is 0.333. The number of nitrogens with zero attached hydrogens (tertiary/aromatic N) is 5. The number of aryl methyl sites for hydroxylation is 1. The Morgan fingerprint density at radius 3 is 2.92 bits per heavy atom. The normalized spacial score (nSPS) is 16.7. The zero-order chi connectivity index (χ0) is 25.8. The molecule has 0 aliphatic carbocycles. The number of fused-ring (bicyclic) bond motifs is 1. The summed E-state index contributed by atoms with van der Waals surface area (Å²) in [6.07, 6.45) is 8.45. The quantitative estimate of drug-likeness (QED) is 0.202. The smallest absolute Gasteiger partial charge is 0.231 e. The van der Waals surface area contributed by atoms with Gasteiger partial charge in [-0.25, -0.2) is 33.3 Å². The molecule has 1 aromatic carbocycles. The van der Waals surface area contributed by atoms with Gasteiger partial charge in [-0.2, -0.15) is 0 Å². The number of halogens is 2. The third-order valence-corrected chi connectivity index (χ3v) is 6.92. The number of pyridine rings is 1. The molecule has 0 amide bonds. The third-order valence-electron chi connectivity index (χ3n) is 6.15. The molecule has 5 rings (SSSR count). The van der Waals surface area contributed by atoms with E-state index in [0.29, 0.717) is 53.3 Å². The number of hydrogen-bond donors (Lipinski definition) is 3. The minimum atomic E-state index is -2.10. The second-order valence-electron chi connectivity index (χ2n) is 8.53. The molecule has 4 aromatic rings. The largest absolute Gasteiger partial charge is 0.358 e. The van der Waals surface area contributed by atoms with Crippen LogP contribution in [0, 0.1) is 5.82 Å². The lowest BCUT2D eigenvalue weighted by Gasteiger charge is -2.23. The number of imidazole rings is 1. The van der Waals surface area contributed by atoms with Gasteiger partial charge >= 0.3 is 0 Å². The lowest BCUT2D eigenvalue weighted by molar-refractivity contribution is -0.0298. The van der Waals surface area contributed by atoms with Gasteiger partial charge in [-0.1, -0.05) is 17.7 Å². The van der Waals surface area contributed by atoms with Crippen LogP contribution in [0.3, 0.4) is 0 Å². The molecule has 1 saturated heterocycles. The summed E-state index contributed by atoms with van der Waals surface area (Å²) in [6.45, 7) is 0.961. The van der Waals surface area contributed by atoms with Crippen LogP contribution in [0.5, 0.6) is 0 Å². The number of hydrogen-bond acceptors (Lipinski definition) is 7. The van der Waals surface area contributed by atoms with Gasteiger partial charge in [0.2, 0.25) is 11.3 Å². The minimum Gasteiger partial charge on any atom is -0.358 e. The first-order valence-electron chi connectivity index (χ1n) is 11.9. The van der Waals surface area contributed by atoms with Crippen molar-refractivity contribution in [3.63, 3.8) is 0 Å². The summed E-state index contributed by atoms with van der Waals surface area (Å²) < 4.78 is 45.3. The molecule has 2 atom stereocenters. The van der Waals surface area contributed by atoms with Gasteiger partial charge in [-0.3, -0.25) is 9.12 Å². The third kappa shape index (κ3) is 5.63. The average Bonchev–Trinajstić information content (AvgIpc) is 3.35. The van der Waals surface area contributed by atoms with Crippen molar-refractivity contribution in [3.8, 4) is 11.3 Å². The van der Waals surface area contributed by atoms with E-state index in [1.54, 1.807) is 30.7 Å². The van der Waals surface area contributed by atoms with Crippen molar-refractivity contribution in [2.24, 2.45) is 0 Å². The predicted molar refractivity (Wildman–Crippen MR) is 139 cm³/mol. The maximum Gasteiger partial charge on any atom is 0.231 e. The van der Waals surface area contributed by atoms with Crippen LogP contribution >= 0.6 is 11.6 Å². The standard InChI is InChI=1S/C24H25ClFN7O3S/c25-17-9-8-15(5-3-11-31-37(34)35)19(26)21(17)32-23-16(6-4-10-27-23)20-22-24(29-13-28-20)33(14-30-22)18-7-1-2-12-36-18/h4,6,8-10,13-14,18,31H,1-3,5,7,11-12H2,(H,27,32)(H,34,35). The van der Waals surface area contributed by atoms with E-state index >= 15 is 4.39 Å². The second-order valence-corrected chi connectivity index (χ2v) is 9.73. The Labute approximate surface area is 220 Å². The van der Waals surface area contributed by atoms with E-state index in [2.05, 4.69) is 30.0 Å². The molecule has 13 heteroatoms.